The maximum absolute atomic E-state index is 9.50. The van der Waals surface area contributed by atoms with Crippen molar-refractivity contribution in [3.05, 3.63) is 0 Å². The molecular weight excluding hydrogens is 264 g/mol. The summed E-state index contributed by atoms with van der Waals surface area (Å²) in [7, 11) is 1.79. The fraction of sp³-hybridized carbons (Fsp3) is 0.941. The molecule has 3 atom stereocenters. The van der Waals surface area contributed by atoms with E-state index in [-0.39, 0.29) is 5.54 Å². The lowest BCUT2D eigenvalue weighted by Crippen LogP contribution is -2.45. The number of hydrogen-bond acceptors (Lipinski definition) is 4. The molecule has 0 heterocycles. The Morgan fingerprint density at radius 2 is 2.00 bits per heavy atom. The van der Waals surface area contributed by atoms with Crippen LogP contribution in [-0.2, 0) is 9.47 Å². The molecule has 0 aromatic carbocycles. The zero-order valence-electron chi connectivity index (χ0n) is 13.6. The number of nitriles is 1. The maximum atomic E-state index is 9.50. The summed E-state index contributed by atoms with van der Waals surface area (Å²) < 4.78 is 11.4. The molecule has 0 spiro atoms. The van der Waals surface area contributed by atoms with Gasteiger partial charge < -0.3 is 9.47 Å². The van der Waals surface area contributed by atoms with Crippen molar-refractivity contribution in [2.45, 2.75) is 88.5 Å². The number of nitrogens with zero attached hydrogens (tertiary/aromatic N) is 1. The summed E-state index contributed by atoms with van der Waals surface area (Å²) in [5, 5.41) is 13.0. The largest absolute Gasteiger partial charge is 0.381 e. The number of nitrogens with one attached hydrogen (secondary N) is 1. The lowest BCUT2D eigenvalue weighted by atomic mass is 9.91. The van der Waals surface area contributed by atoms with Gasteiger partial charge in [-0.3, -0.25) is 5.32 Å². The molecule has 0 saturated heterocycles. The van der Waals surface area contributed by atoms with Crippen LogP contribution < -0.4 is 5.32 Å². The molecule has 3 unspecified atom stereocenters. The molecule has 120 valence electrons. The standard InChI is InChI=1S/C17H30N2O2/c1-3-17(13-18,19-14-8-9-14)10-5-11-21-16-7-4-6-15(12-16)20-2/h14-16,19H,3-12H2,1-2H3. The van der Waals surface area contributed by atoms with Gasteiger partial charge in [0.25, 0.3) is 0 Å². The predicted molar refractivity (Wildman–Crippen MR) is 83.0 cm³/mol. The molecule has 1 N–H and O–H groups in total. The van der Waals surface area contributed by atoms with Crippen molar-refractivity contribution in [3.63, 3.8) is 0 Å². The minimum atomic E-state index is -0.341. The van der Waals surface area contributed by atoms with Gasteiger partial charge in [-0.25, -0.2) is 0 Å². The van der Waals surface area contributed by atoms with Gasteiger partial charge in [-0.05, 0) is 57.8 Å². The highest BCUT2D eigenvalue weighted by atomic mass is 16.5. The molecule has 0 radical (unpaired) electrons. The molecule has 21 heavy (non-hydrogen) atoms. The van der Waals surface area contributed by atoms with Crippen molar-refractivity contribution in [1.29, 1.82) is 5.26 Å². The molecular formula is C17H30N2O2. The van der Waals surface area contributed by atoms with Gasteiger partial charge in [-0.2, -0.15) is 5.26 Å². The summed E-state index contributed by atoms with van der Waals surface area (Å²) in [5.74, 6) is 0. The van der Waals surface area contributed by atoms with Crippen molar-refractivity contribution in [3.8, 4) is 6.07 Å². The first-order valence-electron chi connectivity index (χ1n) is 8.54. The van der Waals surface area contributed by atoms with Gasteiger partial charge in [0.15, 0.2) is 0 Å². The molecule has 2 saturated carbocycles. The van der Waals surface area contributed by atoms with Gasteiger partial charge in [0, 0.05) is 19.8 Å². The fourth-order valence-electron chi connectivity index (χ4n) is 3.23. The summed E-state index contributed by atoms with van der Waals surface area (Å²) in [5.41, 5.74) is -0.341. The van der Waals surface area contributed by atoms with Crippen LogP contribution in [0.1, 0.15) is 64.7 Å². The number of methoxy groups -OCH3 is 1. The van der Waals surface area contributed by atoms with E-state index < -0.39 is 0 Å². The Balaban J connectivity index is 1.66. The summed E-state index contributed by atoms with van der Waals surface area (Å²) in [6, 6.07) is 3.08. The second-order valence-corrected chi connectivity index (χ2v) is 6.59. The molecule has 0 aromatic heterocycles. The van der Waals surface area contributed by atoms with E-state index in [0.29, 0.717) is 18.2 Å². The SMILES string of the molecule is CCC(C#N)(CCCOC1CCCC(OC)C1)NC1CC1. The number of rotatable bonds is 9. The molecule has 0 aromatic rings. The third-order valence-corrected chi connectivity index (χ3v) is 4.89. The Bertz CT molecular complexity index is 351. The zero-order valence-corrected chi connectivity index (χ0v) is 13.6. The molecule has 4 heteroatoms. The van der Waals surface area contributed by atoms with Crippen LogP contribution in [-0.4, -0.2) is 37.5 Å². The maximum Gasteiger partial charge on any atom is 0.106 e. The molecule has 2 aliphatic rings. The van der Waals surface area contributed by atoms with E-state index in [1.165, 1.54) is 19.3 Å². The van der Waals surface area contributed by atoms with Crippen LogP contribution in [0.2, 0.25) is 0 Å². The van der Waals surface area contributed by atoms with Crippen LogP contribution in [0.3, 0.4) is 0 Å². The first-order chi connectivity index (χ1) is 10.2. The van der Waals surface area contributed by atoms with E-state index in [4.69, 9.17) is 9.47 Å². The van der Waals surface area contributed by atoms with E-state index in [9.17, 15) is 5.26 Å². The second kappa shape index (κ2) is 8.12. The van der Waals surface area contributed by atoms with Crippen LogP contribution in [0.4, 0.5) is 0 Å². The highest BCUT2D eigenvalue weighted by Crippen LogP contribution is 2.27. The first-order valence-corrected chi connectivity index (χ1v) is 8.54. The topological polar surface area (TPSA) is 54.3 Å². The average molecular weight is 294 g/mol. The highest BCUT2D eigenvalue weighted by molar-refractivity contribution is 5.09. The number of ether oxygens (including phenoxy) is 2. The smallest absolute Gasteiger partial charge is 0.106 e. The lowest BCUT2D eigenvalue weighted by molar-refractivity contribution is -0.0310. The summed E-state index contributed by atoms with van der Waals surface area (Å²) in [6.45, 7) is 2.86. The fourth-order valence-corrected chi connectivity index (χ4v) is 3.23. The lowest BCUT2D eigenvalue weighted by Gasteiger charge is -2.29. The zero-order chi connectivity index (χ0) is 15.1. The van der Waals surface area contributed by atoms with Crippen molar-refractivity contribution in [2.75, 3.05) is 13.7 Å². The van der Waals surface area contributed by atoms with Crippen molar-refractivity contribution < 1.29 is 9.47 Å². The Morgan fingerprint density at radius 1 is 1.24 bits per heavy atom. The van der Waals surface area contributed by atoms with Gasteiger partial charge in [0.2, 0.25) is 0 Å². The molecule has 0 amide bonds. The van der Waals surface area contributed by atoms with E-state index >= 15 is 0 Å². The van der Waals surface area contributed by atoms with Crippen LogP contribution >= 0.6 is 0 Å². The third kappa shape index (κ3) is 5.25. The van der Waals surface area contributed by atoms with E-state index in [1.807, 2.05) is 0 Å². The van der Waals surface area contributed by atoms with E-state index in [2.05, 4.69) is 18.3 Å². The van der Waals surface area contributed by atoms with Crippen LogP contribution in [0, 0.1) is 11.3 Å². The minimum Gasteiger partial charge on any atom is -0.381 e. The second-order valence-electron chi connectivity index (χ2n) is 6.59. The number of hydrogen-bond donors (Lipinski definition) is 1. The predicted octanol–water partition coefficient (Wildman–Crippen LogP) is 3.17. The van der Waals surface area contributed by atoms with Crippen LogP contribution in [0.25, 0.3) is 0 Å². The van der Waals surface area contributed by atoms with Gasteiger partial charge >= 0.3 is 0 Å². The molecule has 2 fully saturated rings. The van der Waals surface area contributed by atoms with E-state index in [1.54, 1.807) is 7.11 Å². The van der Waals surface area contributed by atoms with Gasteiger partial charge in [0.1, 0.15) is 5.54 Å². The van der Waals surface area contributed by atoms with Crippen molar-refractivity contribution in [2.24, 2.45) is 0 Å². The monoisotopic (exact) mass is 294 g/mol. The van der Waals surface area contributed by atoms with Crippen molar-refractivity contribution >= 4 is 0 Å². The minimum absolute atomic E-state index is 0.341. The summed E-state index contributed by atoms with van der Waals surface area (Å²) >= 11 is 0. The summed E-state index contributed by atoms with van der Waals surface area (Å²) in [4.78, 5) is 0. The van der Waals surface area contributed by atoms with E-state index in [0.717, 1.165) is 45.1 Å². The summed E-state index contributed by atoms with van der Waals surface area (Å²) in [6.07, 6.45) is 10.4. The van der Waals surface area contributed by atoms with Crippen LogP contribution in [0.5, 0.6) is 0 Å². The molecule has 2 rings (SSSR count). The third-order valence-electron chi connectivity index (χ3n) is 4.89. The van der Waals surface area contributed by atoms with Gasteiger partial charge in [-0.15, -0.1) is 0 Å². The molecule has 0 aliphatic heterocycles. The van der Waals surface area contributed by atoms with Gasteiger partial charge in [-0.1, -0.05) is 6.92 Å². The Kier molecular flexibility index (Phi) is 6.47. The quantitative estimate of drug-likeness (QED) is 0.664. The Labute approximate surface area is 129 Å². The average Bonchev–Trinajstić information content (AvgIpc) is 3.34. The molecule has 4 nitrogen and oxygen atoms in total. The molecule has 2 aliphatic carbocycles. The highest BCUT2D eigenvalue weighted by Gasteiger charge is 2.34. The molecule has 0 bridgehead atoms. The normalized spacial score (nSPS) is 28.8. The van der Waals surface area contributed by atoms with Gasteiger partial charge in [0.05, 0.1) is 18.3 Å². The Hall–Kier alpha value is -0.630. The van der Waals surface area contributed by atoms with Crippen molar-refractivity contribution in [1.82, 2.24) is 5.32 Å². The van der Waals surface area contributed by atoms with Crippen LogP contribution in [0.15, 0.2) is 0 Å². The Morgan fingerprint density at radius 3 is 2.62 bits per heavy atom. The first kappa shape index (κ1) is 16.7.